The first-order valence-electron chi connectivity index (χ1n) is 2.48. The van der Waals surface area contributed by atoms with E-state index >= 15 is 0 Å². The van der Waals surface area contributed by atoms with Crippen molar-refractivity contribution in [2.75, 3.05) is 0 Å². The third kappa shape index (κ3) is 1.51. The first-order chi connectivity index (χ1) is 4.70. The van der Waals surface area contributed by atoms with Crippen molar-refractivity contribution < 1.29 is 4.79 Å². The fraction of sp³-hybridized carbons (Fsp3) is 0. The highest BCUT2D eigenvalue weighted by molar-refractivity contribution is 9.10. The monoisotopic (exact) mass is 201 g/mol. The summed E-state index contributed by atoms with van der Waals surface area (Å²) in [6, 6.07) is 1.62. The molecular weight excluding hydrogens is 198 g/mol. The molecule has 1 heterocycles. The van der Waals surface area contributed by atoms with Crippen LogP contribution in [0.1, 0.15) is 10.6 Å². The Bertz CT molecular complexity index is 263. The van der Waals surface area contributed by atoms with E-state index in [2.05, 4.69) is 25.9 Å². The molecule has 10 heavy (non-hydrogen) atoms. The van der Waals surface area contributed by atoms with Crippen LogP contribution in [0, 0.1) is 0 Å². The average Bonchev–Trinajstić information content (AvgIpc) is 1.88. The van der Waals surface area contributed by atoms with Crippen LogP contribution in [0.4, 0.5) is 0 Å². The molecule has 0 atom stereocenters. The molecule has 5 heteroatoms. The Morgan fingerprint density at radius 3 is 2.80 bits per heavy atom. The van der Waals surface area contributed by atoms with Gasteiger partial charge in [0.2, 0.25) is 5.82 Å². The number of carbonyl (C=O) groups is 1. The third-order valence-corrected chi connectivity index (χ3v) is 1.28. The van der Waals surface area contributed by atoms with Crippen molar-refractivity contribution in [2.45, 2.75) is 0 Å². The molecule has 4 nitrogen and oxygen atoms in total. The van der Waals surface area contributed by atoms with Gasteiger partial charge in [-0.15, -0.1) is 0 Å². The number of hydrogen-bond donors (Lipinski definition) is 1. The number of halogens is 1. The maximum Gasteiger partial charge on any atom is 0.286 e. The molecular formula is C5H4BrN3O. The summed E-state index contributed by atoms with van der Waals surface area (Å²) in [6.45, 7) is 0. The normalized spacial score (nSPS) is 9.30. The van der Waals surface area contributed by atoms with Crippen LogP contribution < -0.4 is 5.73 Å². The van der Waals surface area contributed by atoms with Gasteiger partial charge in [0.1, 0.15) is 4.60 Å². The zero-order chi connectivity index (χ0) is 7.56. The van der Waals surface area contributed by atoms with Crippen molar-refractivity contribution in [1.29, 1.82) is 0 Å². The molecule has 0 fully saturated rings. The maximum absolute atomic E-state index is 10.4. The zero-order valence-electron chi connectivity index (χ0n) is 4.91. The minimum Gasteiger partial charge on any atom is -0.363 e. The Labute approximate surface area is 65.6 Å². The topological polar surface area (TPSA) is 68.9 Å². The van der Waals surface area contributed by atoms with Gasteiger partial charge >= 0.3 is 0 Å². The van der Waals surface area contributed by atoms with Crippen molar-refractivity contribution in [3.05, 3.63) is 22.7 Å². The molecule has 0 saturated carbocycles. The highest BCUT2D eigenvalue weighted by atomic mass is 79.9. The van der Waals surface area contributed by atoms with Gasteiger partial charge in [0.15, 0.2) is 0 Å². The lowest BCUT2D eigenvalue weighted by atomic mass is 10.5. The predicted octanol–water partition coefficient (Wildman–Crippen LogP) is 0.338. The molecule has 0 bridgehead atoms. The molecule has 0 aliphatic heterocycles. The molecule has 1 amide bonds. The summed E-state index contributed by atoms with van der Waals surface area (Å²) in [5.41, 5.74) is 4.90. The van der Waals surface area contributed by atoms with Crippen LogP contribution in [0.5, 0.6) is 0 Å². The van der Waals surface area contributed by atoms with Gasteiger partial charge in [-0.1, -0.05) is 0 Å². The predicted molar refractivity (Wildman–Crippen MR) is 38.2 cm³/mol. The van der Waals surface area contributed by atoms with E-state index in [1.165, 1.54) is 6.20 Å². The smallest absolute Gasteiger partial charge is 0.286 e. The van der Waals surface area contributed by atoms with Crippen molar-refractivity contribution in [3.63, 3.8) is 0 Å². The van der Waals surface area contributed by atoms with Crippen molar-refractivity contribution in [2.24, 2.45) is 5.73 Å². The second kappa shape index (κ2) is 2.74. The van der Waals surface area contributed by atoms with E-state index < -0.39 is 5.91 Å². The number of carbonyl (C=O) groups excluding carboxylic acids is 1. The minimum atomic E-state index is -0.624. The lowest BCUT2D eigenvalue weighted by Crippen LogP contribution is -2.14. The summed E-state index contributed by atoms with van der Waals surface area (Å²) in [7, 11) is 0. The largest absolute Gasteiger partial charge is 0.363 e. The molecule has 2 N–H and O–H groups in total. The molecule has 0 radical (unpaired) electrons. The number of nitrogens with two attached hydrogens (primary N) is 1. The van der Waals surface area contributed by atoms with E-state index in [1.807, 2.05) is 0 Å². The van der Waals surface area contributed by atoms with E-state index in [0.29, 0.717) is 4.60 Å². The van der Waals surface area contributed by atoms with Crippen LogP contribution in [-0.2, 0) is 0 Å². The highest BCUT2D eigenvalue weighted by Crippen LogP contribution is 2.02. The Balaban J connectivity index is 3.07. The molecule has 52 valence electrons. The molecule has 0 aliphatic rings. The van der Waals surface area contributed by atoms with Crippen molar-refractivity contribution in [3.8, 4) is 0 Å². The molecule has 0 saturated heterocycles. The summed E-state index contributed by atoms with van der Waals surface area (Å²) in [4.78, 5) is 17.8. The van der Waals surface area contributed by atoms with Gasteiger partial charge in [-0.2, -0.15) is 0 Å². The lowest BCUT2D eigenvalue weighted by molar-refractivity contribution is 0.0990. The van der Waals surface area contributed by atoms with Crippen LogP contribution >= 0.6 is 15.9 Å². The fourth-order valence-electron chi connectivity index (χ4n) is 0.455. The summed E-state index contributed by atoms with van der Waals surface area (Å²) in [5, 5.41) is 0. The van der Waals surface area contributed by atoms with E-state index in [1.54, 1.807) is 6.07 Å². The van der Waals surface area contributed by atoms with E-state index in [0.717, 1.165) is 0 Å². The first-order valence-corrected chi connectivity index (χ1v) is 3.28. The van der Waals surface area contributed by atoms with Crippen LogP contribution in [0.3, 0.4) is 0 Å². The Kier molecular flexibility index (Phi) is 1.96. The Morgan fingerprint density at radius 1 is 1.70 bits per heavy atom. The van der Waals surface area contributed by atoms with Gasteiger partial charge in [-0.3, -0.25) is 4.79 Å². The Hall–Kier alpha value is -0.970. The molecule has 1 aromatic heterocycles. The summed E-state index contributed by atoms with van der Waals surface area (Å²) < 4.78 is 0.552. The van der Waals surface area contributed by atoms with Crippen molar-refractivity contribution >= 4 is 21.8 Å². The summed E-state index contributed by atoms with van der Waals surface area (Å²) >= 11 is 3.07. The van der Waals surface area contributed by atoms with Gasteiger partial charge in [-0.25, -0.2) is 9.97 Å². The van der Waals surface area contributed by atoms with E-state index in [9.17, 15) is 4.79 Å². The van der Waals surface area contributed by atoms with Gasteiger partial charge in [0.25, 0.3) is 5.91 Å². The second-order valence-corrected chi connectivity index (χ2v) is 2.38. The Morgan fingerprint density at radius 2 is 2.40 bits per heavy atom. The number of amides is 1. The number of aromatic nitrogens is 2. The fourth-order valence-corrected chi connectivity index (χ4v) is 0.742. The maximum atomic E-state index is 10.4. The summed E-state index contributed by atoms with van der Waals surface area (Å²) in [6.07, 6.45) is 1.46. The lowest BCUT2D eigenvalue weighted by Gasteiger charge is -1.91. The molecule has 0 unspecified atom stereocenters. The number of nitrogens with zero attached hydrogens (tertiary/aromatic N) is 2. The standard InChI is InChI=1S/C5H4BrN3O/c6-3-1-2-8-5(9-3)4(7)10/h1-2H,(H2,7,10). The number of hydrogen-bond acceptors (Lipinski definition) is 3. The average molecular weight is 202 g/mol. The second-order valence-electron chi connectivity index (χ2n) is 1.57. The van der Waals surface area contributed by atoms with Crippen LogP contribution in [0.15, 0.2) is 16.9 Å². The van der Waals surface area contributed by atoms with Crippen molar-refractivity contribution in [1.82, 2.24) is 9.97 Å². The van der Waals surface area contributed by atoms with Crippen LogP contribution in [-0.4, -0.2) is 15.9 Å². The highest BCUT2D eigenvalue weighted by Gasteiger charge is 2.01. The molecule has 0 aromatic carbocycles. The summed E-state index contributed by atoms with van der Waals surface area (Å²) in [5.74, 6) is -0.601. The third-order valence-electron chi connectivity index (χ3n) is 0.842. The number of primary amides is 1. The van der Waals surface area contributed by atoms with Gasteiger partial charge in [0.05, 0.1) is 0 Å². The van der Waals surface area contributed by atoms with Gasteiger partial charge in [0, 0.05) is 6.20 Å². The van der Waals surface area contributed by atoms with Crippen LogP contribution in [0.2, 0.25) is 0 Å². The van der Waals surface area contributed by atoms with E-state index in [-0.39, 0.29) is 5.82 Å². The minimum absolute atomic E-state index is 0.0226. The first kappa shape index (κ1) is 7.14. The quantitative estimate of drug-likeness (QED) is 0.667. The van der Waals surface area contributed by atoms with Gasteiger partial charge in [-0.05, 0) is 22.0 Å². The van der Waals surface area contributed by atoms with Gasteiger partial charge < -0.3 is 5.73 Å². The molecule has 1 rings (SSSR count). The zero-order valence-corrected chi connectivity index (χ0v) is 6.50. The molecule has 0 aliphatic carbocycles. The SMILES string of the molecule is NC(=O)c1nccc(Br)n1. The number of rotatable bonds is 1. The molecule has 0 spiro atoms. The van der Waals surface area contributed by atoms with Crippen LogP contribution in [0.25, 0.3) is 0 Å². The van der Waals surface area contributed by atoms with E-state index in [4.69, 9.17) is 5.73 Å². The molecule has 1 aromatic rings.